The summed E-state index contributed by atoms with van der Waals surface area (Å²) in [6.07, 6.45) is 1.32. The molecular weight excluding hydrogens is 370 g/mol. The number of hydrogen-bond donors (Lipinski definition) is 1. The highest BCUT2D eigenvalue weighted by Crippen LogP contribution is 2.32. The molecule has 3 rings (SSSR count). The number of carbonyl (C=O) groups excluding carboxylic acids is 1. The Morgan fingerprint density at radius 1 is 1.18 bits per heavy atom. The molecule has 1 amide bonds. The number of fused-ring (bicyclic) bond motifs is 1. The van der Waals surface area contributed by atoms with Gasteiger partial charge < -0.3 is 9.64 Å². The Morgan fingerprint density at radius 3 is 2.68 bits per heavy atom. The van der Waals surface area contributed by atoms with E-state index in [1.54, 1.807) is 11.3 Å². The zero-order valence-corrected chi connectivity index (χ0v) is 17.6. The number of aromatic nitrogens is 1. The third-order valence-electron chi connectivity index (χ3n) is 4.45. The molecule has 0 saturated heterocycles. The minimum absolute atomic E-state index is 0.0871. The van der Waals surface area contributed by atoms with Gasteiger partial charge in [0, 0.05) is 13.0 Å². The molecule has 0 aliphatic rings. The Balaban J connectivity index is 1.84. The lowest BCUT2D eigenvalue weighted by Crippen LogP contribution is -3.05. The third kappa shape index (κ3) is 5.30. The molecule has 5 nitrogen and oxygen atoms in total. The van der Waals surface area contributed by atoms with Gasteiger partial charge in [-0.05, 0) is 30.7 Å². The first-order valence-electron chi connectivity index (χ1n) is 9.73. The van der Waals surface area contributed by atoms with Gasteiger partial charge >= 0.3 is 0 Å². The second-order valence-electron chi connectivity index (χ2n) is 7.08. The molecule has 0 spiro atoms. The summed E-state index contributed by atoms with van der Waals surface area (Å²) in [4.78, 5) is 21.1. The van der Waals surface area contributed by atoms with Crippen molar-refractivity contribution in [3.63, 3.8) is 0 Å². The first-order chi connectivity index (χ1) is 13.6. The molecule has 1 aromatic heterocycles. The molecule has 2 aromatic carbocycles. The number of ether oxygens (including phenoxy) is 1. The SMILES string of the molecule is CCOc1ccc2nc(N(CCC[NH+](C)C)C(=O)Cc3ccccc3)sc2c1. The number of amides is 1. The first-order valence-corrected chi connectivity index (χ1v) is 10.5. The molecule has 0 radical (unpaired) electrons. The Kier molecular flexibility index (Phi) is 7.01. The fourth-order valence-corrected chi connectivity index (χ4v) is 4.09. The lowest BCUT2D eigenvalue weighted by Gasteiger charge is -2.20. The van der Waals surface area contributed by atoms with Crippen molar-refractivity contribution in [3.05, 3.63) is 54.1 Å². The Morgan fingerprint density at radius 2 is 1.96 bits per heavy atom. The zero-order chi connectivity index (χ0) is 19.9. The van der Waals surface area contributed by atoms with E-state index in [-0.39, 0.29) is 5.91 Å². The van der Waals surface area contributed by atoms with Crippen LogP contribution in [0, 0.1) is 0 Å². The minimum atomic E-state index is 0.0871. The molecule has 0 aliphatic heterocycles. The first kappa shape index (κ1) is 20.3. The Labute approximate surface area is 170 Å². The van der Waals surface area contributed by atoms with Gasteiger partial charge in [0.1, 0.15) is 5.75 Å². The summed E-state index contributed by atoms with van der Waals surface area (Å²) >= 11 is 1.55. The van der Waals surface area contributed by atoms with Gasteiger partial charge in [0.2, 0.25) is 5.91 Å². The second kappa shape index (κ2) is 9.66. The van der Waals surface area contributed by atoms with Crippen molar-refractivity contribution in [2.45, 2.75) is 19.8 Å². The predicted octanol–water partition coefficient (Wildman–Crippen LogP) is 2.81. The van der Waals surface area contributed by atoms with Crippen LogP contribution in [0.5, 0.6) is 5.75 Å². The van der Waals surface area contributed by atoms with Crippen LogP contribution < -0.4 is 14.5 Å². The number of nitrogens with zero attached hydrogens (tertiary/aromatic N) is 2. The predicted molar refractivity (Wildman–Crippen MR) is 116 cm³/mol. The number of carbonyl (C=O) groups is 1. The molecule has 3 aromatic rings. The van der Waals surface area contributed by atoms with Gasteiger partial charge in [-0.15, -0.1) is 0 Å². The van der Waals surface area contributed by atoms with E-state index in [0.717, 1.165) is 39.6 Å². The summed E-state index contributed by atoms with van der Waals surface area (Å²) in [7, 11) is 4.26. The number of rotatable bonds is 9. The van der Waals surface area contributed by atoms with Crippen LogP contribution in [0.3, 0.4) is 0 Å². The lowest BCUT2D eigenvalue weighted by atomic mass is 10.1. The van der Waals surface area contributed by atoms with E-state index in [4.69, 9.17) is 9.72 Å². The largest absolute Gasteiger partial charge is 0.494 e. The second-order valence-corrected chi connectivity index (χ2v) is 8.09. The number of quaternary nitrogens is 1. The molecule has 1 heterocycles. The van der Waals surface area contributed by atoms with Gasteiger partial charge in [-0.1, -0.05) is 41.7 Å². The van der Waals surface area contributed by atoms with E-state index in [2.05, 4.69) is 14.1 Å². The maximum atomic E-state index is 13.1. The summed E-state index contributed by atoms with van der Waals surface area (Å²) in [6, 6.07) is 15.8. The smallest absolute Gasteiger partial charge is 0.233 e. The molecule has 0 aliphatic carbocycles. The van der Waals surface area contributed by atoms with Crippen molar-refractivity contribution in [2.75, 3.05) is 38.7 Å². The van der Waals surface area contributed by atoms with Crippen molar-refractivity contribution >= 4 is 32.6 Å². The Hall–Kier alpha value is -2.44. The van der Waals surface area contributed by atoms with E-state index >= 15 is 0 Å². The van der Waals surface area contributed by atoms with Crippen molar-refractivity contribution in [2.24, 2.45) is 0 Å². The highest BCUT2D eigenvalue weighted by Gasteiger charge is 2.20. The van der Waals surface area contributed by atoms with Crippen LogP contribution in [0.25, 0.3) is 10.2 Å². The van der Waals surface area contributed by atoms with E-state index in [1.165, 1.54) is 4.90 Å². The summed E-state index contributed by atoms with van der Waals surface area (Å²) in [5, 5.41) is 0.762. The number of anilines is 1. The van der Waals surface area contributed by atoms with Gasteiger partial charge in [-0.2, -0.15) is 0 Å². The van der Waals surface area contributed by atoms with E-state index < -0.39 is 0 Å². The van der Waals surface area contributed by atoms with Gasteiger partial charge in [0.05, 0.1) is 43.9 Å². The molecule has 0 saturated carbocycles. The highest BCUT2D eigenvalue weighted by atomic mass is 32.1. The highest BCUT2D eigenvalue weighted by molar-refractivity contribution is 7.22. The van der Waals surface area contributed by atoms with E-state index in [9.17, 15) is 4.79 Å². The fraction of sp³-hybridized carbons (Fsp3) is 0.364. The van der Waals surface area contributed by atoms with Crippen LogP contribution in [-0.4, -0.2) is 44.7 Å². The molecule has 0 atom stereocenters. The number of nitrogens with one attached hydrogen (secondary N) is 1. The van der Waals surface area contributed by atoms with Crippen LogP contribution in [-0.2, 0) is 11.2 Å². The van der Waals surface area contributed by atoms with Crippen molar-refractivity contribution in [3.8, 4) is 5.75 Å². The van der Waals surface area contributed by atoms with E-state index in [0.29, 0.717) is 19.6 Å². The summed E-state index contributed by atoms with van der Waals surface area (Å²) < 4.78 is 6.64. The molecule has 148 valence electrons. The van der Waals surface area contributed by atoms with Gasteiger partial charge in [0.15, 0.2) is 5.13 Å². The Bertz CT molecular complexity index is 909. The molecule has 6 heteroatoms. The average molecular weight is 399 g/mol. The maximum Gasteiger partial charge on any atom is 0.233 e. The van der Waals surface area contributed by atoms with Gasteiger partial charge in [0.25, 0.3) is 0 Å². The van der Waals surface area contributed by atoms with Crippen molar-refractivity contribution < 1.29 is 14.4 Å². The number of benzene rings is 2. The molecule has 0 fully saturated rings. The number of thiazole rings is 1. The molecule has 28 heavy (non-hydrogen) atoms. The van der Waals surface area contributed by atoms with Crippen LogP contribution in [0.2, 0.25) is 0 Å². The summed E-state index contributed by atoms with van der Waals surface area (Å²) in [5.74, 6) is 0.924. The monoisotopic (exact) mass is 398 g/mol. The fourth-order valence-electron chi connectivity index (χ4n) is 3.05. The van der Waals surface area contributed by atoms with Crippen LogP contribution in [0.4, 0.5) is 5.13 Å². The van der Waals surface area contributed by atoms with Gasteiger partial charge in [-0.3, -0.25) is 9.69 Å². The molecule has 1 N–H and O–H groups in total. The molecular formula is C22H28N3O2S+. The lowest BCUT2D eigenvalue weighted by molar-refractivity contribution is -0.858. The summed E-state index contributed by atoms with van der Waals surface area (Å²) in [5.41, 5.74) is 1.93. The number of hydrogen-bond acceptors (Lipinski definition) is 4. The zero-order valence-electron chi connectivity index (χ0n) is 16.8. The molecule has 0 unspecified atom stereocenters. The quantitative estimate of drug-likeness (QED) is 0.603. The van der Waals surface area contributed by atoms with Crippen LogP contribution >= 0.6 is 11.3 Å². The minimum Gasteiger partial charge on any atom is -0.494 e. The third-order valence-corrected chi connectivity index (χ3v) is 5.49. The topological polar surface area (TPSA) is 46.9 Å². The van der Waals surface area contributed by atoms with Crippen LogP contribution in [0.15, 0.2) is 48.5 Å². The van der Waals surface area contributed by atoms with E-state index in [1.807, 2.05) is 60.4 Å². The summed E-state index contributed by atoms with van der Waals surface area (Å²) in [6.45, 7) is 4.29. The van der Waals surface area contributed by atoms with Crippen molar-refractivity contribution in [1.29, 1.82) is 0 Å². The standard InChI is InChI=1S/C22H27N3O2S/c1-4-27-18-11-12-19-20(16-18)28-22(23-19)25(14-8-13-24(2)3)21(26)15-17-9-6-5-7-10-17/h5-7,9-12,16H,4,8,13-15H2,1-3H3/p+1. The normalized spacial score (nSPS) is 11.1. The van der Waals surface area contributed by atoms with Gasteiger partial charge in [-0.25, -0.2) is 4.98 Å². The average Bonchev–Trinajstić information content (AvgIpc) is 3.09. The van der Waals surface area contributed by atoms with Crippen LogP contribution in [0.1, 0.15) is 18.9 Å². The maximum absolute atomic E-state index is 13.1. The molecule has 0 bridgehead atoms. The van der Waals surface area contributed by atoms with Crippen molar-refractivity contribution in [1.82, 2.24) is 4.98 Å².